The molecule has 35 heavy (non-hydrogen) atoms. The molecule has 4 amide bonds. The second-order valence-electron chi connectivity index (χ2n) is 8.84. The van der Waals surface area contributed by atoms with Crippen LogP contribution in [0, 0.1) is 0 Å². The van der Waals surface area contributed by atoms with E-state index in [1.807, 2.05) is 6.07 Å². The van der Waals surface area contributed by atoms with Crippen molar-refractivity contribution in [3.63, 3.8) is 0 Å². The highest BCUT2D eigenvalue weighted by Gasteiger charge is 2.51. The number of nitrogens with zero attached hydrogens (tertiary/aromatic N) is 2. The van der Waals surface area contributed by atoms with E-state index < -0.39 is 40.0 Å². The fourth-order valence-corrected chi connectivity index (χ4v) is 6.20. The molecule has 0 aromatic heterocycles. The van der Waals surface area contributed by atoms with Gasteiger partial charge in [0, 0.05) is 18.8 Å². The summed E-state index contributed by atoms with van der Waals surface area (Å²) in [6.07, 6.45) is 3.99. The first-order valence-electron chi connectivity index (χ1n) is 11.9. The van der Waals surface area contributed by atoms with Crippen molar-refractivity contribution in [2.75, 3.05) is 25.0 Å². The smallest absolute Gasteiger partial charge is 0.324 e. The molecule has 2 N–H and O–H groups in total. The minimum absolute atomic E-state index is 0.0984. The molecular weight excluding hydrogens is 468 g/mol. The molecule has 0 radical (unpaired) electrons. The maximum atomic E-state index is 13.2. The van der Waals surface area contributed by atoms with Crippen LogP contribution in [-0.2, 0) is 25.2 Å². The van der Waals surface area contributed by atoms with Crippen molar-refractivity contribution in [3.05, 3.63) is 60.2 Å². The van der Waals surface area contributed by atoms with E-state index >= 15 is 0 Å². The second kappa shape index (κ2) is 10.2. The predicted molar refractivity (Wildman–Crippen MR) is 131 cm³/mol. The molecule has 2 heterocycles. The molecular formula is C25H30N4O5S. The Morgan fingerprint density at radius 1 is 1.00 bits per heavy atom. The average Bonchev–Trinajstić information content (AvgIpc) is 3.04. The van der Waals surface area contributed by atoms with Crippen molar-refractivity contribution < 1.29 is 22.8 Å². The highest BCUT2D eigenvalue weighted by Crippen LogP contribution is 2.32. The summed E-state index contributed by atoms with van der Waals surface area (Å²) in [5, 5.41) is 5.37. The molecule has 2 aliphatic heterocycles. The van der Waals surface area contributed by atoms with Crippen LogP contribution in [-0.4, -0.2) is 55.1 Å². The molecule has 2 aliphatic rings. The van der Waals surface area contributed by atoms with Gasteiger partial charge in [-0.3, -0.25) is 14.5 Å². The molecule has 10 heteroatoms. The lowest BCUT2D eigenvalue weighted by atomic mass is 9.87. The van der Waals surface area contributed by atoms with Crippen molar-refractivity contribution in [2.24, 2.45) is 0 Å². The first-order chi connectivity index (χ1) is 16.8. The van der Waals surface area contributed by atoms with Crippen LogP contribution in [0.3, 0.4) is 0 Å². The molecule has 186 valence electrons. The van der Waals surface area contributed by atoms with Crippen molar-refractivity contribution in [2.45, 2.75) is 49.5 Å². The van der Waals surface area contributed by atoms with Crippen molar-refractivity contribution >= 4 is 33.6 Å². The molecule has 0 saturated carbocycles. The van der Waals surface area contributed by atoms with Crippen LogP contribution in [0.5, 0.6) is 0 Å². The van der Waals surface area contributed by atoms with E-state index in [2.05, 4.69) is 10.6 Å². The lowest BCUT2D eigenvalue weighted by Crippen LogP contribution is -2.44. The Hall–Kier alpha value is -3.24. The molecule has 0 spiro atoms. The summed E-state index contributed by atoms with van der Waals surface area (Å²) in [6.45, 7) is 2.27. The number of anilines is 1. The van der Waals surface area contributed by atoms with Crippen LogP contribution in [0.4, 0.5) is 10.5 Å². The lowest BCUT2D eigenvalue weighted by molar-refractivity contribution is -0.134. The van der Waals surface area contributed by atoms with Gasteiger partial charge in [0.25, 0.3) is 5.91 Å². The van der Waals surface area contributed by atoms with Gasteiger partial charge in [-0.2, -0.15) is 4.31 Å². The van der Waals surface area contributed by atoms with E-state index in [9.17, 15) is 22.8 Å². The van der Waals surface area contributed by atoms with E-state index in [0.29, 0.717) is 25.1 Å². The number of sulfonamides is 1. The van der Waals surface area contributed by atoms with Gasteiger partial charge in [0.2, 0.25) is 15.9 Å². The van der Waals surface area contributed by atoms with Gasteiger partial charge in [-0.05, 0) is 43.0 Å². The average molecular weight is 499 g/mol. The zero-order valence-corrected chi connectivity index (χ0v) is 20.5. The van der Waals surface area contributed by atoms with E-state index in [4.69, 9.17) is 0 Å². The summed E-state index contributed by atoms with van der Waals surface area (Å²) in [6, 6.07) is 14.3. The Bertz CT molecular complexity index is 1210. The van der Waals surface area contributed by atoms with Gasteiger partial charge in [-0.15, -0.1) is 0 Å². The summed E-state index contributed by atoms with van der Waals surface area (Å²) in [7, 11) is -3.68. The zero-order chi connectivity index (χ0) is 25.1. The Balaban J connectivity index is 1.47. The molecule has 0 aliphatic carbocycles. The first kappa shape index (κ1) is 24.9. The van der Waals surface area contributed by atoms with E-state index in [1.54, 1.807) is 43.3 Å². The molecule has 2 saturated heterocycles. The van der Waals surface area contributed by atoms with E-state index in [0.717, 1.165) is 30.6 Å². The zero-order valence-electron chi connectivity index (χ0n) is 19.7. The molecule has 2 fully saturated rings. The van der Waals surface area contributed by atoms with Crippen molar-refractivity contribution in [3.8, 4) is 0 Å². The van der Waals surface area contributed by atoms with Crippen LogP contribution in [0.2, 0.25) is 0 Å². The summed E-state index contributed by atoms with van der Waals surface area (Å²) >= 11 is 0. The van der Waals surface area contributed by atoms with Crippen LogP contribution < -0.4 is 10.6 Å². The number of amides is 4. The number of hydrogen-bond donors (Lipinski definition) is 2. The van der Waals surface area contributed by atoms with E-state index in [1.165, 1.54) is 16.4 Å². The van der Waals surface area contributed by atoms with Gasteiger partial charge in [-0.1, -0.05) is 56.2 Å². The number of nitrogens with one attached hydrogen (secondary N) is 2. The highest BCUT2D eigenvalue weighted by atomic mass is 32.2. The minimum atomic E-state index is -3.68. The van der Waals surface area contributed by atoms with Crippen LogP contribution in [0.15, 0.2) is 59.5 Å². The third kappa shape index (κ3) is 4.94. The lowest BCUT2D eigenvalue weighted by Gasteiger charge is -2.25. The van der Waals surface area contributed by atoms with Gasteiger partial charge < -0.3 is 10.6 Å². The number of benzene rings is 2. The molecule has 2 aromatic rings. The molecule has 4 rings (SSSR count). The molecule has 1 atom stereocenters. The van der Waals surface area contributed by atoms with Gasteiger partial charge in [0.05, 0.1) is 4.90 Å². The van der Waals surface area contributed by atoms with Crippen molar-refractivity contribution in [1.82, 2.24) is 14.5 Å². The third-order valence-electron chi connectivity index (χ3n) is 6.59. The van der Waals surface area contributed by atoms with E-state index in [-0.39, 0.29) is 10.6 Å². The fraction of sp³-hybridized carbons (Fsp3) is 0.400. The maximum Gasteiger partial charge on any atom is 0.325 e. The van der Waals surface area contributed by atoms with Crippen LogP contribution in [0.25, 0.3) is 0 Å². The monoisotopic (exact) mass is 498 g/mol. The summed E-state index contributed by atoms with van der Waals surface area (Å²) in [4.78, 5) is 39.6. The first-order valence-corrected chi connectivity index (χ1v) is 13.3. The van der Waals surface area contributed by atoms with Gasteiger partial charge in [0.15, 0.2) is 0 Å². The number of carbonyl (C=O) groups is 3. The molecule has 0 bridgehead atoms. The Kier molecular flexibility index (Phi) is 7.23. The Labute approximate surface area is 205 Å². The molecule has 9 nitrogen and oxygen atoms in total. The standard InChI is InChI=1S/C25H30N4O5S/c1-2-25(19-11-6-5-7-12-19)23(31)29(24(32)27-25)18-22(30)26-20-13-10-14-21(17-20)35(33,34)28-15-8-3-4-9-16-28/h5-7,10-14,17H,2-4,8-9,15-16,18H2,1H3,(H,26,30)(H,27,32)/t25-/m1/s1. The third-order valence-corrected chi connectivity index (χ3v) is 8.49. The predicted octanol–water partition coefficient (Wildman–Crippen LogP) is 3.05. The van der Waals surface area contributed by atoms with Gasteiger partial charge in [-0.25, -0.2) is 13.2 Å². The maximum absolute atomic E-state index is 13.2. The number of carbonyl (C=O) groups excluding carboxylic acids is 3. The van der Waals surface area contributed by atoms with Gasteiger partial charge in [0.1, 0.15) is 12.1 Å². The molecule has 2 aromatic carbocycles. The molecule has 0 unspecified atom stereocenters. The van der Waals surface area contributed by atoms with Crippen LogP contribution in [0.1, 0.15) is 44.6 Å². The van der Waals surface area contributed by atoms with Crippen molar-refractivity contribution in [1.29, 1.82) is 0 Å². The van der Waals surface area contributed by atoms with Crippen LogP contribution >= 0.6 is 0 Å². The summed E-state index contributed by atoms with van der Waals surface area (Å²) in [5.41, 5.74) is -0.294. The second-order valence-corrected chi connectivity index (χ2v) is 10.8. The summed E-state index contributed by atoms with van der Waals surface area (Å²) in [5.74, 6) is -1.10. The Morgan fingerprint density at radius 2 is 1.69 bits per heavy atom. The largest absolute Gasteiger partial charge is 0.325 e. The quantitative estimate of drug-likeness (QED) is 0.570. The number of urea groups is 1. The number of imide groups is 1. The number of rotatable bonds is 7. The fourth-order valence-electron chi connectivity index (χ4n) is 4.64. The van der Waals surface area contributed by atoms with Gasteiger partial charge >= 0.3 is 6.03 Å². The Morgan fingerprint density at radius 3 is 2.34 bits per heavy atom. The topological polar surface area (TPSA) is 116 Å². The summed E-state index contributed by atoms with van der Waals surface area (Å²) < 4.78 is 27.7. The number of hydrogen-bond acceptors (Lipinski definition) is 5. The minimum Gasteiger partial charge on any atom is -0.324 e. The normalized spacial score (nSPS) is 21.5. The SMILES string of the molecule is CC[C@]1(c2ccccc2)NC(=O)N(CC(=O)Nc2cccc(S(=O)(=O)N3CCCCCC3)c2)C1=O. The highest BCUT2D eigenvalue weighted by molar-refractivity contribution is 7.89.